The Morgan fingerprint density at radius 3 is 2.95 bits per heavy atom. The molecule has 0 spiro atoms. The number of aliphatic hydroxyl groups is 1. The van der Waals surface area contributed by atoms with Gasteiger partial charge in [-0.15, -0.1) is 12.4 Å². The summed E-state index contributed by atoms with van der Waals surface area (Å²) in [6.45, 7) is 2.73. The van der Waals surface area contributed by atoms with E-state index in [1.54, 1.807) is 12.1 Å². The lowest BCUT2D eigenvalue weighted by atomic mass is 10.2. The minimum absolute atomic E-state index is 0. The van der Waals surface area contributed by atoms with Crippen LogP contribution in [0.1, 0.15) is 19.8 Å². The van der Waals surface area contributed by atoms with E-state index in [1.807, 2.05) is 6.92 Å². The number of hydrogen-bond donors (Lipinski definition) is 3. The number of carbonyl (C=O) groups is 1. The van der Waals surface area contributed by atoms with Gasteiger partial charge in [-0.1, -0.05) is 13.0 Å². The zero-order valence-electron chi connectivity index (χ0n) is 12.4. The number of β-amino-alcohol motifs (C(OH)–C–C–N with tert-alkyl or cyclic N) is 1. The van der Waals surface area contributed by atoms with E-state index in [0.717, 1.165) is 0 Å². The van der Waals surface area contributed by atoms with E-state index in [9.17, 15) is 14.3 Å². The van der Waals surface area contributed by atoms with Gasteiger partial charge in [-0.3, -0.25) is 4.79 Å². The molecular weight excluding hydrogens is 311 g/mol. The fourth-order valence-electron chi connectivity index (χ4n) is 2.26. The van der Waals surface area contributed by atoms with Crippen molar-refractivity contribution in [3.05, 3.63) is 30.1 Å². The van der Waals surface area contributed by atoms with Crippen LogP contribution in [0, 0.1) is 5.82 Å². The van der Waals surface area contributed by atoms with E-state index in [4.69, 9.17) is 4.74 Å². The molecule has 5 nitrogen and oxygen atoms in total. The summed E-state index contributed by atoms with van der Waals surface area (Å²) in [6, 6.07) is 5.58. The van der Waals surface area contributed by atoms with Gasteiger partial charge in [-0.2, -0.15) is 0 Å². The van der Waals surface area contributed by atoms with Crippen LogP contribution in [-0.2, 0) is 4.79 Å². The van der Waals surface area contributed by atoms with Gasteiger partial charge in [-0.25, -0.2) is 4.39 Å². The molecule has 2 rings (SSSR count). The first-order valence-electron chi connectivity index (χ1n) is 7.20. The molecule has 0 radical (unpaired) electrons. The lowest BCUT2D eigenvalue weighted by Crippen LogP contribution is -2.44. The zero-order chi connectivity index (χ0) is 15.2. The van der Waals surface area contributed by atoms with Gasteiger partial charge in [0, 0.05) is 12.6 Å². The highest BCUT2D eigenvalue weighted by atomic mass is 35.5. The lowest BCUT2D eigenvalue weighted by molar-refractivity contribution is -0.123. The number of ether oxygens (including phenoxy) is 1. The van der Waals surface area contributed by atoms with Crippen molar-refractivity contribution in [1.29, 1.82) is 0 Å². The van der Waals surface area contributed by atoms with Gasteiger partial charge in [0.05, 0.1) is 18.7 Å². The molecule has 1 aliphatic heterocycles. The number of nitrogens with one attached hydrogen (secondary N) is 2. The van der Waals surface area contributed by atoms with Gasteiger partial charge in [0.15, 0.2) is 0 Å². The summed E-state index contributed by atoms with van der Waals surface area (Å²) in [7, 11) is 0. The fourth-order valence-corrected chi connectivity index (χ4v) is 2.26. The Balaban J connectivity index is 0.00000242. The Morgan fingerprint density at radius 2 is 2.36 bits per heavy atom. The van der Waals surface area contributed by atoms with Crippen LogP contribution in [-0.4, -0.2) is 42.4 Å². The monoisotopic (exact) mass is 332 g/mol. The second kappa shape index (κ2) is 8.92. The van der Waals surface area contributed by atoms with Crippen LogP contribution >= 0.6 is 12.4 Å². The molecule has 1 heterocycles. The number of amides is 1. The molecule has 3 atom stereocenters. The maximum Gasteiger partial charge on any atom is 0.237 e. The molecule has 3 N–H and O–H groups in total. The maximum absolute atomic E-state index is 13.1. The summed E-state index contributed by atoms with van der Waals surface area (Å²) >= 11 is 0. The molecule has 1 aromatic rings. The SMILES string of the molecule is CCC(CNC(=O)C1CC(O)CN1)Oc1cccc(F)c1.Cl. The average Bonchev–Trinajstić information content (AvgIpc) is 2.90. The number of rotatable bonds is 6. The van der Waals surface area contributed by atoms with Crippen LogP contribution in [0.2, 0.25) is 0 Å². The third kappa shape index (κ3) is 5.44. The minimum atomic E-state index is -0.466. The molecule has 124 valence electrons. The molecule has 3 unspecified atom stereocenters. The molecule has 22 heavy (non-hydrogen) atoms. The summed E-state index contributed by atoms with van der Waals surface area (Å²) in [5, 5.41) is 15.1. The van der Waals surface area contributed by atoms with E-state index in [2.05, 4.69) is 10.6 Å². The normalized spacial score (nSPS) is 21.8. The van der Waals surface area contributed by atoms with Crippen LogP contribution in [0.4, 0.5) is 4.39 Å². The highest BCUT2D eigenvalue weighted by molar-refractivity contribution is 5.85. The van der Waals surface area contributed by atoms with E-state index >= 15 is 0 Å². The molecule has 1 fully saturated rings. The predicted octanol–water partition coefficient (Wildman–Crippen LogP) is 1.24. The number of aliphatic hydroxyl groups excluding tert-OH is 1. The first-order valence-corrected chi connectivity index (χ1v) is 7.20. The quantitative estimate of drug-likeness (QED) is 0.733. The lowest BCUT2D eigenvalue weighted by Gasteiger charge is -2.19. The number of hydrogen-bond acceptors (Lipinski definition) is 4. The largest absolute Gasteiger partial charge is 0.489 e. The third-order valence-electron chi connectivity index (χ3n) is 3.48. The minimum Gasteiger partial charge on any atom is -0.489 e. The Hall–Kier alpha value is -1.37. The van der Waals surface area contributed by atoms with Crippen LogP contribution in [0.15, 0.2) is 24.3 Å². The molecule has 1 saturated heterocycles. The van der Waals surface area contributed by atoms with Crippen LogP contribution < -0.4 is 15.4 Å². The summed E-state index contributed by atoms with van der Waals surface area (Å²) in [4.78, 5) is 11.9. The van der Waals surface area contributed by atoms with Crippen molar-refractivity contribution in [3.63, 3.8) is 0 Å². The smallest absolute Gasteiger partial charge is 0.237 e. The second-order valence-corrected chi connectivity index (χ2v) is 5.20. The molecule has 7 heteroatoms. The number of benzene rings is 1. The van der Waals surface area contributed by atoms with E-state index < -0.39 is 6.10 Å². The van der Waals surface area contributed by atoms with Gasteiger partial charge in [0.25, 0.3) is 0 Å². The van der Waals surface area contributed by atoms with Crippen molar-refractivity contribution in [2.45, 2.75) is 38.0 Å². The van der Waals surface area contributed by atoms with Crippen molar-refractivity contribution in [1.82, 2.24) is 10.6 Å². The second-order valence-electron chi connectivity index (χ2n) is 5.20. The van der Waals surface area contributed by atoms with E-state index in [-0.39, 0.29) is 36.3 Å². The van der Waals surface area contributed by atoms with Crippen molar-refractivity contribution < 1.29 is 19.0 Å². The summed E-state index contributed by atoms with van der Waals surface area (Å²) < 4.78 is 18.7. The van der Waals surface area contributed by atoms with Gasteiger partial charge < -0.3 is 20.5 Å². The summed E-state index contributed by atoms with van der Waals surface area (Å²) in [5.74, 6) is -0.0473. The summed E-state index contributed by atoms with van der Waals surface area (Å²) in [6.07, 6.45) is 0.429. The molecule has 0 saturated carbocycles. The predicted molar refractivity (Wildman–Crippen MR) is 83.8 cm³/mol. The zero-order valence-corrected chi connectivity index (χ0v) is 13.2. The van der Waals surface area contributed by atoms with Gasteiger partial charge in [0.1, 0.15) is 17.7 Å². The van der Waals surface area contributed by atoms with Gasteiger partial charge in [-0.05, 0) is 25.0 Å². The van der Waals surface area contributed by atoms with Crippen molar-refractivity contribution >= 4 is 18.3 Å². The van der Waals surface area contributed by atoms with Crippen LogP contribution in [0.25, 0.3) is 0 Å². The first-order chi connectivity index (χ1) is 10.1. The maximum atomic E-state index is 13.1. The third-order valence-corrected chi connectivity index (χ3v) is 3.48. The van der Waals surface area contributed by atoms with Crippen LogP contribution in [0.3, 0.4) is 0 Å². The standard InChI is InChI=1S/C15H21FN2O3.ClH/c1-2-12(21-13-5-3-4-10(16)6-13)9-18-15(20)14-7-11(19)8-17-14;/h3-6,11-12,14,17,19H,2,7-9H2,1H3,(H,18,20);1H. The summed E-state index contributed by atoms with van der Waals surface area (Å²) in [5.41, 5.74) is 0. The Labute approximate surface area is 135 Å². The topological polar surface area (TPSA) is 70.6 Å². The van der Waals surface area contributed by atoms with Crippen molar-refractivity contribution in [2.75, 3.05) is 13.1 Å². The molecular formula is C15H22ClFN2O3. The highest BCUT2D eigenvalue weighted by Gasteiger charge is 2.28. The molecule has 0 aromatic heterocycles. The Kier molecular flexibility index (Phi) is 7.58. The van der Waals surface area contributed by atoms with E-state index in [1.165, 1.54) is 12.1 Å². The number of halogens is 2. The molecule has 0 bridgehead atoms. The van der Waals surface area contributed by atoms with Gasteiger partial charge in [0.2, 0.25) is 5.91 Å². The van der Waals surface area contributed by atoms with Crippen molar-refractivity contribution in [2.24, 2.45) is 0 Å². The van der Waals surface area contributed by atoms with E-state index in [0.29, 0.717) is 31.7 Å². The highest BCUT2D eigenvalue weighted by Crippen LogP contribution is 2.15. The molecule has 1 aliphatic rings. The van der Waals surface area contributed by atoms with Gasteiger partial charge >= 0.3 is 0 Å². The fraction of sp³-hybridized carbons (Fsp3) is 0.533. The Bertz CT molecular complexity index is 490. The average molecular weight is 333 g/mol. The molecule has 0 aliphatic carbocycles. The van der Waals surface area contributed by atoms with Crippen molar-refractivity contribution in [3.8, 4) is 5.75 Å². The van der Waals surface area contributed by atoms with Crippen LogP contribution in [0.5, 0.6) is 5.75 Å². The molecule has 1 amide bonds. The molecule has 1 aromatic carbocycles. The Morgan fingerprint density at radius 1 is 1.59 bits per heavy atom. The number of carbonyl (C=O) groups excluding carboxylic acids is 1. The first kappa shape index (κ1) is 18.7.